The molecule has 0 heterocycles. The van der Waals surface area contributed by atoms with Crippen LogP contribution < -0.4 is 0 Å². The Morgan fingerprint density at radius 1 is 0.140 bits per heavy atom. The lowest BCUT2D eigenvalue weighted by atomic mass is 9.80. The summed E-state index contributed by atoms with van der Waals surface area (Å²) in [6.45, 7) is 30.2. The molecule has 0 spiro atoms. The fourth-order valence-electron chi connectivity index (χ4n) is 26.8. The minimum absolute atomic E-state index is 0.0231. The van der Waals surface area contributed by atoms with Gasteiger partial charge in [0.05, 0.1) is 0 Å². The highest BCUT2D eigenvalue weighted by Crippen LogP contribution is 2.59. The molecular weight excluding hydrogens is 1800 g/mol. The van der Waals surface area contributed by atoms with Gasteiger partial charge in [0.1, 0.15) is 0 Å². The van der Waals surface area contributed by atoms with Gasteiger partial charge in [0.15, 0.2) is 0 Å². The molecule has 0 atom stereocenters. The van der Waals surface area contributed by atoms with Crippen molar-refractivity contribution in [1.82, 2.24) is 0 Å². The summed E-state index contributed by atoms with van der Waals surface area (Å²) in [7, 11) is 0. The van der Waals surface area contributed by atoms with E-state index in [9.17, 15) is 0 Å². The highest BCUT2D eigenvalue weighted by atomic mass is 14.4. The quantitative estimate of drug-likeness (QED) is 0.126. The molecule has 0 saturated heterocycles. The summed E-state index contributed by atoms with van der Waals surface area (Å²) in [5, 5.41) is 23.0. The van der Waals surface area contributed by atoms with Crippen LogP contribution in [0, 0.1) is 13.8 Å². The van der Waals surface area contributed by atoms with Gasteiger partial charge in [-0.05, 0) is 372 Å². The van der Waals surface area contributed by atoms with Gasteiger partial charge >= 0.3 is 0 Å². The molecule has 25 aromatic carbocycles. The molecule has 0 aromatic heterocycles. The Morgan fingerprint density at radius 2 is 0.367 bits per heavy atom. The Bertz CT molecular complexity index is 9980. The molecule has 716 valence electrons. The van der Waals surface area contributed by atoms with Crippen LogP contribution in [0.5, 0.6) is 0 Å². The average Bonchev–Trinajstić information content (AvgIpc) is 1.62. The van der Waals surface area contributed by atoms with Crippen molar-refractivity contribution in [3.05, 3.63) is 528 Å². The number of aryl methyl sites for hydroxylation is 2. The molecule has 29 rings (SSSR count). The Balaban J connectivity index is 0.000000111. The predicted octanol–water partition coefficient (Wildman–Crippen LogP) is 41.6. The van der Waals surface area contributed by atoms with Crippen LogP contribution >= 0.6 is 0 Å². The van der Waals surface area contributed by atoms with Gasteiger partial charge in [-0.25, -0.2) is 0 Å². The predicted molar refractivity (Wildman–Crippen MR) is 644 cm³/mol. The maximum absolute atomic E-state index is 2.49. The molecule has 0 fully saturated rings. The van der Waals surface area contributed by atoms with Crippen LogP contribution in [0.15, 0.2) is 467 Å². The zero-order valence-corrected chi connectivity index (χ0v) is 87.5. The minimum Gasteiger partial charge on any atom is -0.0619 e. The summed E-state index contributed by atoms with van der Waals surface area (Å²) in [4.78, 5) is 0. The van der Waals surface area contributed by atoms with Crippen molar-refractivity contribution in [2.45, 2.75) is 117 Å². The van der Waals surface area contributed by atoms with E-state index >= 15 is 0 Å². The van der Waals surface area contributed by atoms with Gasteiger partial charge in [0, 0.05) is 21.7 Å². The van der Waals surface area contributed by atoms with Gasteiger partial charge < -0.3 is 0 Å². The lowest BCUT2D eigenvalue weighted by Crippen LogP contribution is -2.14. The lowest BCUT2D eigenvalue weighted by Gasteiger charge is -2.23. The number of rotatable bonds is 9. The topological polar surface area (TPSA) is 0 Å². The van der Waals surface area contributed by atoms with Gasteiger partial charge in [-0.1, -0.05) is 494 Å². The van der Waals surface area contributed by atoms with Crippen LogP contribution in [0.3, 0.4) is 0 Å². The highest BCUT2D eigenvalue weighted by Gasteiger charge is 2.41. The first-order valence-electron chi connectivity index (χ1n) is 53.5. The number of benzene rings is 25. The van der Waals surface area contributed by atoms with Crippen LogP contribution in [0.1, 0.15) is 137 Å². The number of hydrogen-bond donors (Lipinski definition) is 0. The smallest absolute Gasteiger partial charge is 0.0159 e. The fourth-order valence-corrected chi connectivity index (χ4v) is 26.8. The van der Waals surface area contributed by atoms with Crippen LogP contribution in [-0.2, 0) is 27.1 Å². The molecule has 0 aliphatic heterocycles. The second-order valence-corrected chi connectivity index (χ2v) is 45.8. The van der Waals surface area contributed by atoms with E-state index in [1.54, 1.807) is 0 Å². The third-order valence-electron chi connectivity index (χ3n) is 34.4. The van der Waals surface area contributed by atoms with E-state index < -0.39 is 0 Å². The van der Waals surface area contributed by atoms with Crippen molar-refractivity contribution in [1.29, 1.82) is 0 Å². The summed E-state index contributed by atoms with van der Waals surface area (Å²) in [6.07, 6.45) is 0. The first kappa shape index (κ1) is 91.5. The summed E-state index contributed by atoms with van der Waals surface area (Å²) in [5.41, 5.74) is 48.7. The van der Waals surface area contributed by atoms with E-state index in [2.05, 4.69) is 557 Å². The average molecular weight is 1920 g/mol. The van der Waals surface area contributed by atoms with Crippen molar-refractivity contribution in [2.24, 2.45) is 0 Å². The minimum atomic E-state index is -0.0782. The van der Waals surface area contributed by atoms with E-state index in [1.807, 2.05) is 0 Å². The van der Waals surface area contributed by atoms with Gasteiger partial charge in [-0.2, -0.15) is 0 Å². The maximum Gasteiger partial charge on any atom is 0.0159 e. The van der Waals surface area contributed by atoms with E-state index in [0.717, 1.165) is 0 Å². The normalized spacial score (nSPS) is 13.8. The fraction of sp³-hybridized carbons (Fsp3) is 0.120. The van der Waals surface area contributed by atoms with Gasteiger partial charge in [0.2, 0.25) is 0 Å². The molecule has 0 amide bonds. The molecule has 0 nitrogen and oxygen atoms in total. The maximum atomic E-state index is 2.49. The Labute approximate surface area is 880 Å². The van der Waals surface area contributed by atoms with Crippen molar-refractivity contribution >= 4 is 97.0 Å². The second-order valence-electron chi connectivity index (χ2n) is 45.8. The molecule has 4 aliphatic rings. The van der Waals surface area contributed by atoms with Crippen molar-refractivity contribution in [2.75, 3.05) is 0 Å². The first-order chi connectivity index (χ1) is 72.8. The molecule has 4 aliphatic carbocycles. The molecule has 0 heteroatoms. The van der Waals surface area contributed by atoms with Crippen LogP contribution in [0.2, 0.25) is 0 Å². The van der Waals surface area contributed by atoms with E-state index in [1.165, 1.54) is 303 Å². The Kier molecular flexibility index (Phi) is 21.2. The van der Waals surface area contributed by atoms with Crippen LogP contribution in [0.4, 0.5) is 0 Å². The van der Waals surface area contributed by atoms with E-state index in [4.69, 9.17) is 0 Å². The summed E-state index contributed by atoms with van der Waals surface area (Å²) >= 11 is 0. The molecular formula is C150H116. The number of fused-ring (bicyclic) bond motifs is 21. The van der Waals surface area contributed by atoms with Crippen molar-refractivity contribution < 1.29 is 0 Å². The highest BCUT2D eigenvalue weighted by molar-refractivity contribution is 6.26. The number of hydrogen-bond acceptors (Lipinski definition) is 0. The Hall–Kier alpha value is -17.2. The van der Waals surface area contributed by atoms with Crippen molar-refractivity contribution in [3.8, 4) is 145 Å². The zero-order valence-electron chi connectivity index (χ0n) is 87.5. The lowest BCUT2D eigenvalue weighted by molar-refractivity contribution is 0.590. The molecule has 0 N–H and O–H groups in total. The van der Waals surface area contributed by atoms with Gasteiger partial charge in [-0.15, -0.1) is 0 Å². The molecule has 0 unspecified atom stereocenters. The standard InChI is InChI=1S/C54H40.C49H40.C47H36/c1-53(2)48-20-12-10-16-40(48)45-31-37(25-28-49(45)53)52-43-18-8-7-17-42(43)51(38-24-26-41-39-15-9-11-19-47(39)54(3,4)50(41)32-38)44-27-23-36(30-46(44)52)35-22-21-33-13-5-6-14-34(33)29-35;1-48(2,3)37-24-20-32(21-25-37)46-39-15-8-9-16-40(39)47(36-23-27-45-42(30-36)38-14-10-11-17-44(38)49(45,4)5)43-29-35(22-26-41(43)46)34-19-18-31-12-6-7-13-33(31)28-34;1-29-23-30(2)25-36(24-29)46-39-15-8-7-14-38(39)45(35-20-22-44-41(28-35)37-13-9-10-16-43(37)47(44,3)4)42-27-34(19-21-40(42)46)33-18-17-31-11-5-6-12-32(31)26-33/h5-32H,1-4H3;6-30H,1-5H3;5-28H,1-4H3. The molecule has 150 heavy (non-hydrogen) atoms. The van der Waals surface area contributed by atoms with E-state index in [0.29, 0.717) is 0 Å². The summed E-state index contributed by atoms with van der Waals surface area (Å²) < 4.78 is 0. The molecule has 0 radical (unpaired) electrons. The van der Waals surface area contributed by atoms with Crippen molar-refractivity contribution in [3.63, 3.8) is 0 Å². The van der Waals surface area contributed by atoms with Gasteiger partial charge in [-0.3, -0.25) is 0 Å². The Morgan fingerprint density at radius 3 is 0.707 bits per heavy atom. The second kappa shape index (κ2) is 34.8. The zero-order chi connectivity index (χ0) is 102. The van der Waals surface area contributed by atoms with Crippen LogP contribution in [0.25, 0.3) is 242 Å². The van der Waals surface area contributed by atoms with Gasteiger partial charge in [0.25, 0.3) is 0 Å². The molecule has 0 bridgehead atoms. The monoisotopic (exact) mass is 1920 g/mol. The summed E-state index contributed by atoms with van der Waals surface area (Å²) in [5.74, 6) is 0. The largest absolute Gasteiger partial charge is 0.0619 e. The SMILES string of the molecule is CC(C)(C)c1ccc(-c2c3ccccc3c(-c3ccc4c(c3)-c3ccccc3C4(C)C)c3cc(-c4ccc5ccccc5c4)ccc23)cc1.CC1(C)c2ccccc2-c2cc(-c3c4ccccc4c(-c4ccc5c(c4)C(C)(C)c4ccccc4-5)c4ccc(-c5ccc6ccccc6c5)cc34)ccc21.Cc1cc(C)cc(-c2c3ccccc3c(-c3ccc4c(c3)-c3ccccc3C4(C)C)c3cc(-c4ccc5ccccc5c4)ccc23)c1. The summed E-state index contributed by atoms with van der Waals surface area (Å²) in [6, 6.07) is 176. The van der Waals surface area contributed by atoms with Crippen LogP contribution in [-0.4, -0.2) is 0 Å². The van der Waals surface area contributed by atoms with E-state index in [-0.39, 0.29) is 27.1 Å². The first-order valence-corrected chi connectivity index (χ1v) is 53.5. The molecule has 25 aromatic rings. The molecule has 0 saturated carbocycles. The third kappa shape index (κ3) is 14.7. The third-order valence-corrected chi connectivity index (χ3v) is 34.4.